The van der Waals surface area contributed by atoms with E-state index in [4.69, 9.17) is 0 Å². The molecule has 3 unspecified atom stereocenters. The van der Waals surface area contributed by atoms with Crippen molar-refractivity contribution in [3.63, 3.8) is 0 Å². The molecule has 3 atom stereocenters. The molecule has 2 heterocycles. The third-order valence-electron chi connectivity index (χ3n) is 4.51. The lowest BCUT2D eigenvalue weighted by atomic mass is 9.84. The number of rotatable bonds is 1. The highest BCUT2D eigenvalue weighted by atomic mass is 16.2. The lowest BCUT2D eigenvalue weighted by Crippen LogP contribution is -2.49. The van der Waals surface area contributed by atoms with Gasteiger partial charge in [0.25, 0.3) is 0 Å². The van der Waals surface area contributed by atoms with Gasteiger partial charge in [-0.2, -0.15) is 0 Å². The third-order valence-corrected chi connectivity index (χ3v) is 4.51. The number of carbonyl (C=O) groups excluding carboxylic acids is 1. The lowest BCUT2D eigenvalue weighted by molar-refractivity contribution is -0.142. The molecule has 0 spiro atoms. The fourth-order valence-electron chi connectivity index (χ4n) is 2.83. The van der Waals surface area contributed by atoms with Gasteiger partial charge in [0.1, 0.15) is 0 Å². The summed E-state index contributed by atoms with van der Waals surface area (Å²) < 4.78 is 0. The van der Waals surface area contributed by atoms with Gasteiger partial charge < -0.3 is 10.2 Å². The van der Waals surface area contributed by atoms with Gasteiger partial charge in [-0.15, -0.1) is 0 Å². The predicted molar refractivity (Wildman–Crippen MR) is 65.1 cm³/mol. The van der Waals surface area contributed by atoms with Crippen LogP contribution in [0.15, 0.2) is 0 Å². The molecule has 2 saturated heterocycles. The number of likely N-dealkylation sites (tertiary alicyclic amines) is 1. The SMILES string of the molecule is CC1CCN(C(=O)C2(C)CCNC2)CC1C. The molecule has 92 valence electrons. The molecule has 0 aromatic heterocycles. The van der Waals surface area contributed by atoms with Crippen LogP contribution in [0.2, 0.25) is 0 Å². The van der Waals surface area contributed by atoms with Crippen molar-refractivity contribution in [2.24, 2.45) is 17.3 Å². The van der Waals surface area contributed by atoms with Crippen LogP contribution in [-0.4, -0.2) is 37.0 Å². The van der Waals surface area contributed by atoms with Crippen molar-refractivity contribution in [2.45, 2.75) is 33.6 Å². The van der Waals surface area contributed by atoms with Crippen LogP contribution in [0.25, 0.3) is 0 Å². The lowest BCUT2D eigenvalue weighted by Gasteiger charge is -2.39. The van der Waals surface area contributed by atoms with E-state index < -0.39 is 0 Å². The first-order valence-electron chi connectivity index (χ1n) is 6.53. The van der Waals surface area contributed by atoms with Crippen LogP contribution < -0.4 is 5.32 Å². The van der Waals surface area contributed by atoms with Crippen molar-refractivity contribution < 1.29 is 4.79 Å². The molecule has 0 aromatic carbocycles. The zero-order chi connectivity index (χ0) is 11.8. The maximum atomic E-state index is 12.5. The predicted octanol–water partition coefficient (Wildman–Crippen LogP) is 1.49. The van der Waals surface area contributed by atoms with Gasteiger partial charge in [-0.1, -0.05) is 13.8 Å². The molecule has 2 fully saturated rings. The number of hydrogen-bond donors (Lipinski definition) is 1. The van der Waals surface area contributed by atoms with Crippen LogP contribution in [0.4, 0.5) is 0 Å². The molecule has 0 aliphatic carbocycles. The Kier molecular flexibility index (Phi) is 3.24. The average molecular weight is 224 g/mol. The Labute approximate surface area is 98.6 Å². The van der Waals surface area contributed by atoms with Crippen LogP contribution in [-0.2, 0) is 4.79 Å². The van der Waals surface area contributed by atoms with Gasteiger partial charge in [0, 0.05) is 19.6 Å². The molecule has 16 heavy (non-hydrogen) atoms. The van der Waals surface area contributed by atoms with Crippen molar-refractivity contribution in [1.29, 1.82) is 0 Å². The van der Waals surface area contributed by atoms with E-state index in [1.807, 2.05) is 0 Å². The van der Waals surface area contributed by atoms with Crippen LogP contribution in [0.3, 0.4) is 0 Å². The minimum Gasteiger partial charge on any atom is -0.342 e. The second kappa shape index (κ2) is 4.36. The molecule has 3 heteroatoms. The fourth-order valence-corrected chi connectivity index (χ4v) is 2.83. The van der Waals surface area contributed by atoms with Crippen molar-refractivity contribution in [3.8, 4) is 0 Å². The number of nitrogens with one attached hydrogen (secondary N) is 1. The minimum absolute atomic E-state index is 0.139. The number of nitrogens with zero attached hydrogens (tertiary/aromatic N) is 1. The van der Waals surface area contributed by atoms with E-state index >= 15 is 0 Å². The number of piperidine rings is 1. The Bertz CT molecular complexity index is 271. The van der Waals surface area contributed by atoms with E-state index in [1.165, 1.54) is 0 Å². The first-order chi connectivity index (χ1) is 7.53. The van der Waals surface area contributed by atoms with Gasteiger partial charge in [0.05, 0.1) is 5.41 Å². The Morgan fingerprint density at radius 3 is 2.69 bits per heavy atom. The zero-order valence-corrected chi connectivity index (χ0v) is 10.8. The van der Waals surface area contributed by atoms with E-state index in [-0.39, 0.29) is 5.41 Å². The third kappa shape index (κ3) is 2.10. The molecule has 1 N–H and O–H groups in total. The monoisotopic (exact) mass is 224 g/mol. The Balaban J connectivity index is 2.00. The molecule has 2 aliphatic heterocycles. The highest BCUT2D eigenvalue weighted by Gasteiger charge is 2.40. The van der Waals surface area contributed by atoms with E-state index in [9.17, 15) is 4.79 Å². The Hall–Kier alpha value is -0.570. The van der Waals surface area contributed by atoms with Crippen LogP contribution >= 0.6 is 0 Å². The molecular formula is C13H24N2O. The van der Waals surface area contributed by atoms with Crippen molar-refractivity contribution >= 4 is 5.91 Å². The zero-order valence-electron chi connectivity index (χ0n) is 10.8. The highest BCUT2D eigenvalue weighted by molar-refractivity contribution is 5.83. The molecule has 0 radical (unpaired) electrons. The number of amides is 1. The van der Waals surface area contributed by atoms with Crippen LogP contribution in [0.5, 0.6) is 0 Å². The van der Waals surface area contributed by atoms with Gasteiger partial charge >= 0.3 is 0 Å². The summed E-state index contributed by atoms with van der Waals surface area (Å²) in [6.07, 6.45) is 2.16. The molecule has 2 aliphatic rings. The molecular weight excluding hydrogens is 200 g/mol. The van der Waals surface area contributed by atoms with Gasteiger partial charge in [-0.3, -0.25) is 4.79 Å². The van der Waals surface area contributed by atoms with Crippen molar-refractivity contribution in [3.05, 3.63) is 0 Å². The quantitative estimate of drug-likeness (QED) is 0.732. The molecule has 0 saturated carbocycles. The van der Waals surface area contributed by atoms with Crippen molar-refractivity contribution in [2.75, 3.05) is 26.2 Å². The van der Waals surface area contributed by atoms with E-state index in [0.717, 1.165) is 44.9 Å². The first kappa shape index (κ1) is 11.9. The maximum Gasteiger partial charge on any atom is 0.229 e. The Morgan fingerprint density at radius 1 is 1.38 bits per heavy atom. The molecule has 0 aromatic rings. The first-order valence-corrected chi connectivity index (χ1v) is 6.53. The van der Waals surface area contributed by atoms with E-state index in [0.29, 0.717) is 11.8 Å². The fraction of sp³-hybridized carbons (Fsp3) is 0.923. The van der Waals surface area contributed by atoms with Crippen LogP contribution in [0.1, 0.15) is 33.6 Å². The normalized spacial score (nSPS) is 40.1. The maximum absolute atomic E-state index is 12.5. The second-order valence-corrected chi connectivity index (χ2v) is 5.98. The Morgan fingerprint density at radius 2 is 2.12 bits per heavy atom. The largest absolute Gasteiger partial charge is 0.342 e. The van der Waals surface area contributed by atoms with Gasteiger partial charge in [0.2, 0.25) is 5.91 Å². The minimum atomic E-state index is -0.139. The summed E-state index contributed by atoms with van der Waals surface area (Å²) >= 11 is 0. The summed E-state index contributed by atoms with van der Waals surface area (Å²) in [4.78, 5) is 14.6. The smallest absolute Gasteiger partial charge is 0.229 e. The molecule has 2 rings (SSSR count). The summed E-state index contributed by atoms with van der Waals surface area (Å²) in [5.41, 5.74) is -0.139. The van der Waals surface area contributed by atoms with Gasteiger partial charge in [-0.25, -0.2) is 0 Å². The topological polar surface area (TPSA) is 32.3 Å². The summed E-state index contributed by atoms with van der Waals surface area (Å²) in [6, 6.07) is 0. The summed E-state index contributed by atoms with van der Waals surface area (Å²) in [6.45, 7) is 10.4. The van der Waals surface area contributed by atoms with Gasteiger partial charge in [-0.05, 0) is 38.1 Å². The van der Waals surface area contributed by atoms with Crippen LogP contribution in [0, 0.1) is 17.3 Å². The number of hydrogen-bond acceptors (Lipinski definition) is 2. The summed E-state index contributed by atoms with van der Waals surface area (Å²) in [5.74, 6) is 1.78. The molecule has 0 bridgehead atoms. The van der Waals surface area contributed by atoms with Crippen molar-refractivity contribution in [1.82, 2.24) is 10.2 Å². The summed E-state index contributed by atoms with van der Waals surface area (Å²) in [5, 5.41) is 3.31. The second-order valence-electron chi connectivity index (χ2n) is 5.98. The molecule has 3 nitrogen and oxygen atoms in total. The van der Waals surface area contributed by atoms with Gasteiger partial charge in [0.15, 0.2) is 0 Å². The molecule has 1 amide bonds. The highest BCUT2D eigenvalue weighted by Crippen LogP contribution is 2.30. The summed E-state index contributed by atoms with van der Waals surface area (Å²) in [7, 11) is 0. The number of carbonyl (C=O) groups is 1. The van der Waals surface area contributed by atoms with E-state index in [2.05, 4.69) is 31.0 Å². The van der Waals surface area contributed by atoms with E-state index in [1.54, 1.807) is 0 Å². The average Bonchev–Trinajstić information content (AvgIpc) is 2.70. The standard InChI is InChI=1S/C13H24N2O/c1-10-4-7-15(8-11(10)2)12(16)13(3)5-6-14-9-13/h10-11,14H,4-9H2,1-3H3.